The first-order valence-corrected chi connectivity index (χ1v) is 6.45. The molecular weight excluding hydrogens is 212 g/mol. The molecule has 0 radical (unpaired) electrons. The van der Waals surface area contributed by atoms with Crippen molar-refractivity contribution < 1.29 is 4.74 Å². The zero-order valence-electron chi connectivity index (χ0n) is 10.6. The van der Waals surface area contributed by atoms with Crippen LogP contribution in [0.1, 0.15) is 19.8 Å². The van der Waals surface area contributed by atoms with Gasteiger partial charge < -0.3 is 15.4 Å². The highest BCUT2D eigenvalue weighted by Crippen LogP contribution is 2.15. The number of likely N-dealkylation sites (tertiary alicyclic amines) is 1. The lowest BCUT2D eigenvalue weighted by Crippen LogP contribution is -2.28. The number of ether oxygens (including phenoxy) is 1. The Morgan fingerprint density at radius 2 is 1.88 bits per heavy atom. The number of nitrogens with two attached hydrogens (primary N) is 1. The van der Waals surface area contributed by atoms with E-state index in [1.807, 2.05) is 24.3 Å². The number of nitrogen functional groups attached to an aromatic ring is 1. The van der Waals surface area contributed by atoms with Crippen molar-refractivity contribution in [2.45, 2.75) is 19.8 Å². The van der Waals surface area contributed by atoms with Gasteiger partial charge in [0.25, 0.3) is 0 Å². The Kier molecular flexibility index (Phi) is 4.26. The van der Waals surface area contributed by atoms with Crippen LogP contribution in [0.3, 0.4) is 0 Å². The second-order valence-electron chi connectivity index (χ2n) is 4.99. The molecule has 1 aromatic rings. The largest absolute Gasteiger partial charge is 0.493 e. The summed E-state index contributed by atoms with van der Waals surface area (Å²) in [5.41, 5.74) is 6.41. The van der Waals surface area contributed by atoms with Crippen LogP contribution in [-0.2, 0) is 0 Å². The summed E-state index contributed by atoms with van der Waals surface area (Å²) in [5, 5.41) is 0. The molecular formula is C14H22N2O. The first-order valence-electron chi connectivity index (χ1n) is 6.45. The molecule has 1 heterocycles. The lowest BCUT2D eigenvalue weighted by molar-refractivity contribution is 0.206. The minimum atomic E-state index is 0.575. The van der Waals surface area contributed by atoms with E-state index >= 15 is 0 Å². The van der Waals surface area contributed by atoms with Gasteiger partial charge in [-0.15, -0.1) is 0 Å². The molecule has 17 heavy (non-hydrogen) atoms. The molecule has 1 unspecified atom stereocenters. The van der Waals surface area contributed by atoms with Crippen molar-refractivity contribution in [3.8, 4) is 5.75 Å². The number of anilines is 1. The lowest BCUT2D eigenvalue weighted by atomic mass is 10.2. The molecule has 0 amide bonds. The van der Waals surface area contributed by atoms with Gasteiger partial charge >= 0.3 is 0 Å². The van der Waals surface area contributed by atoms with Crippen LogP contribution in [0.4, 0.5) is 5.69 Å². The third-order valence-corrected chi connectivity index (χ3v) is 3.18. The van der Waals surface area contributed by atoms with Gasteiger partial charge in [-0.3, -0.25) is 0 Å². The molecule has 0 aliphatic carbocycles. The third kappa shape index (κ3) is 3.93. The van der Waals surface area contributed by atoms with E-state index in [0.29, 0.717) is 5.92 Å². The lowest BCUT2D eigenvalue weighted by Gasteiger charge is -2.20. The van der Waals surface area contributed by atoms with Crippen molar-refractivity contribution in [1.29, 1.82) is 0 Å². The maximum absolute atomic E-state index is 5.75. The smallest absolute Gasteiger partial charge is 0.119 e. The van der Waals surface area contributed by atoms with Gasteiger partial charge in [0.2, 0.25) is 0 Å². The Hall–Kier alpha value is -1.22. The minimum absolute atomic E-state index is 0.575. The summed E-state index contributed by atoms with van der Waals surface area (Å²) >= 11 is 0. The van der Waals surface area contributed by atoms with Crippen LogP contribution in [0.25, 0.3) is 0 Å². The summed E-state index contributed by atoms with van der Waals surface area (Å²) in [4.78, 5) is 2.52. The van der Waals surface area contributed by atoms with Gasteiger partial charge in [-0.25, -0.2) is 0 Å². The quantitative estimate of drug-likeness (QED) is 0.795. The van der Waals surface area contributed by atoms with E-state index < -0.39 is 0 Å². The Balaban J connectivity index is 1.71. The first-order chi connectivity index (χ1) is 8.24. The zero-order chi connectivity index (χ0) is 12.1. The molecule has 0 bridgehead atoms. The predicted molar refractivity (Wildman–Crippen MR) is 71.2 cm³/mol. The molecule has 2 rings (SSSR count). The van der Waals surface area contributed by atoms with Gasteiger partial charge in [0.1, 0.15) is 5.75 Å². The number of benzene rings is 1. The van der Waals surface area contributed by atoms with E-state index in [4.69, 9.17) is 10.5 Å². The van der Waals surface area contributed by atoms with E-state index in [1.165, 1.54) is 25.9 Å². The molecule has 0 spiro atoms. The van der Waals surface area contributed by atoms with Gasteiger partial charge in [-0.1, -0.05) is 6.92 Å². The molecule has 0 saturated carbocycles. The Morgan fingerprint density at radius 3 is 2.53 bits per heavy atom. The summed E-state index contributed by atoms with van der Waals surface area (Å²) in [6, 6.07) is 7.61. The van der Waals surface area contributed by atoms with Gasteiger partial charge in [0.15, 0.2) is 0 Å². The van der Waals surface area contributed by atoms with E-state index in [2.05, 4.69) is 11.8 Å². The Labute approximate surface area is 104 Å². The number of hydrogen-bond acceptors (Lipinski definition) is 3. The predicted octanol–water partition coefficient (Wildman–Crippen LogP) is 2.38. The van der Waals surface area contributed by atoms with Crippen LogP contribution in [0.2, 0.25) is 0 Å². The molecule has 1 saturated heterocycles. The average Bonchev–Trinajstić information content (AvgIpc) is 2.81. The number of rotatable bonds is 5. The van der Waals surface area contributed by atoms with Crippen LogP contribution in [0, 0.1) is 5.92 Å². The van der Waals surface area contributed by atoms with Gasteiger partial charge in [-0.2, -0.15) is 0 Å². The van der Waals surface area contributed by atoms with Gasteiger partial charge in [0, 0.05) is 18.2 Å². The topological polar surface area (TPSA) is 38.5 Å². The van der Waals surface area contributed by atoms with Crippen molar-refractivity contribution in [2.75, 3.05) is 32.0 Å². The molecule has 3 heteroatoms. The average molecular weight is 234 g/mol. The second-order valence-corrected chi connectivity index (χ2v) is 4.99. The zero-order valence-corrected chi connectivity index (χ0v) is 10.6. The SMILES string of the molecule is CC(COc1ccc(N)cc1)CN1CCCC1. The fourth-order valence-electron chi connectivity index (χ4n) is 2.26. The maximum atomic E-state index is 5.75. The number of hydrogen-bond donors (Lipinski definition) is 1. The minimum Gasteiger partial charge on any atom is -0.493 e. The summed E-state index contributed by atoms with van der Waals surface area (Å²) < 4.78 is 5.75. The summed E-state index contributed by atoms with van der Waals surface area (Å²) in [6.07, 6.45) is 2.71. The van der Waals surface area contributed by atoms with E-state index in [1.54, 1.807) is 0 Å². The standard InChI is InChI=1S/C14H22N2O/c1-12(10-16-8-2-3-9-16)11-17-14-6-4-13(15)5-7-14/h4-7,12H,2-3,8-11,15H2,1H3. The van der Waals surface area contributed by atoms with Crippen molar-refractivity contribution >= 4 is 5.69 Å². The first kappa shape index (κ1) is 12.2. The highest BCUT2D eigenvalue weighted by molar-refractivity contribution is 5.41. The van der Waals surface area contributed by atoms with Crippen molar-refractivity contribution in [2.24, 2.45) is 5.92 Å². The monoisotopic (exact) mass is 234 g/mol. The van der Waals surface area contributed by atoms with Gasteiger partial charge in [-0.05, 0) is 50.2 Å². The molecule has 1 aromatic carbocycles. The molecule has 0 aromatic heterocycles. The summed E-state index contributed by atoms with van der Waals surface area (Å²) in [6.45, 7) is 6.68. The van der Waals surface area contributed by atoms with Crippen molar-refractivity contribution in [3.63, 3.8) is 0 Å². The molecule has 2 N–H and O–H groups in total. The van der Waals surface area contributed by atoms with E-state index in [0.717, 1.165) is 24.6 Å². The highest BCUT2D eigenvalue weighted by Gasteiger charge is 2.14. The highest BCUT2D eigenvalue weighted by atomic mass is 16.5. The van der Waals surface area contributed by atoms with E-state index in [9.17, 15) is 0 Å². The van der Waals surface area contributed by atoms with Crippen LogP contribution >= 0.6 is 0 Å². The third-order valence-electron chi connectivity index (χ3n) is 3.18. The van der Waals surface area contributed by atoms with E-state index in [-0.39, 0.29) is 0 Å². The Morgan fingerprint density at radius 1 is 1.24 bits per heavy atom. The fraction of sp³-hybridized carbons (Fsp3) is 0.571. The second kappa shape index (κ2) is 5.92. The summed E-state index contributed by atoms with van der Waals surface area (Å²) in [7, 11) is 0. The van der Waals surface area contributed by atoms with Crippen LogP contribution < -0.4 is 10.5 Å². The van der Waals surface area contributed by atoms with Crippen LogP contribution in [0.5, 0.6) is 5.75 Å². The molecule has 1 aliphatic rings. The van der Waals surface area contributed by atoms with Crippen LogP contribution in [0.15, 0.2) is 24.3 Å². The molecule has 94 valence electrons. The van der Waals surface area contributed by atoms with Crippen molar-refractivity contribution in [1.82, 2.24) is 4.90 Å². The molecule has 3 nitrogen and oxygen atoms in total. The van der Waals surface area contributed by atoms with Gasteiger partial charge in [0.05, 0.1) is 6.61 Å². The Bertz CT molecular complexity index is 331. The maximum Gasteiger partial charge on any atom is 0.119 e. The molecule has 1 aliphatic heterocycles. The molecule has 1 atom stereocenters. The molecule has 1 fully saturated rings. The fourth-order valence-corrected chi connectivity index (χ4v) is 2.26. The number of nitrogens with zero attached hydrogens (tertiary/aromatic N) is 1. The van der Waals surface area contributed by atoms with Crippen molar-refractivity contribution in [3.05, 3.63) is 24.3 Å². The normalized spacial score (nSPS) is 18.2. The summed E-state index contributed by atoms with van der Waals surface area (Å²) in [5.74, 6) is 1.48. The van der Waals surface area contributed by atoms with Crippen LogP contribution in [-0.4, -0.2) is 31.1 Å².